The Hall–Kier alpha value is -4.18. The molecule has 168 valence electrons. The molecule has 7 nitrogen and oxygen atoms in total. The van der Waals surface area contributed by atoms with Gasteiger partial charge in [-0.15, -0.1) is 0 Å². The third-order valence-electron chi connectivity index (χ3n) is 4.84. The number of carbonyl (C=O) groups is 2. The van der Waals surface area contributed by atoms with Crippen LogP contribution in [0.5, 0.6) is 5.75 Å². The molecule has 0 saturated carbocycles. The summed E-state index contributed by atoms with van der Waals surface area (Å²) in [5.74, 6) is -0.884. The topological polar surface area (TPSA) is 109 Å². The predicted octanol–water partition coefficient (Wildman–Crippen LogP) is 4.57. The minimum Gasteiger partial charge on any atom is -0.422 e. The molecule has 1 aromatic heterocycles. The zero-order valence-corrected chi connectivity index (χ0v) is 18.8. The van der Waals surface area contributed by atoms with Crippen LogP contribution in [0.1, 0.15) is 55.1 Å². The lowest BCUT2D eigenvalue weighted by Gasteiger charge is -2.08. The van der Waals surface area contributed by atoms with E-state index in [4.69, 9.17) is 9.15 Å². The van der Waals surface area contributed by atoms with Gasteiger partial charge in [0.15, 0.2) is 0 Å². The van der Waals surface area contributed by atoms with E-state index >= 15 is 0 Å². The Morgan fingerprint density at radius 3 is 2.36 bits per heavy atom. The average molecular weight is 444 g/mol. The fourth-order valence-corrected chi connectivity index (χ4v) is 3.10. The summed E-state index contributed by atoms with van der Waals surface area (Å²) >= 11 is 0. The molecule has 0 unspecified atom stereocenters. The first-order valence-corrected chi connectivity index (χ1v) is 10.5. The summed E-state index contributed by atoms with van der Waals surface area (Å²) in [7, 11) is 0. The smallest absolute Gasteiger partial charge is 0.354 e. The second kappa shape index (κ2) is 9.96. The molecular formula is C26H24N2O5. The number of benzene rings is 2. The maximum Gasteiger partial charge on any atom is 0.354 e. The molecule has 1 amide bonds. The number of amides is 1. The first-order chi connectivity index (χ1) is 15.7. The van der Waals surface area contributed by atoms with E-state index in [0.717, 1.165) is 5.56 Å². The first kappa shape index (κ1) is 23.5. The highest BCUT2D eigenvalue weighted by Crippen LogP contribution is 2.22. The van der Waals surface area contributed by atoms with Gasteiger partial charge in [0.05, 0.1) is 0 Å². The molecule has 0 atom stereocenters. The molecule has 33 heavy (non-hydrogen) atoms. The fourth-order valence-electron chi connectivity index (χ4n) is 3.10. The lowest BCUT2D eigenvalue weighted by atomic mass is 10.0. The van der Waals surface area contributed by atoms with E-state index in [-0.39, 0.29) is 28.5 Å². The van der Waals surface area contributed by atoms with Crippen molar-refractivity contribution in [3.05, 3.63) is 81.2 Å². The Kier molecular flexibility index (Phi) is 7.09. The summed E-state index contributed by atoms with van der Waals surface area (Å²) in [6.45, 7) is 7.73. The second-order valence-corrected chi connectivity index (χ2v) is 8.16. The number of rotatable bonds is 6. The number of nitrogens with zero attached hydrogens (tertiary/aromatic N) is 1. The van der Waals surface area contributed by atoms with Gasteiger partial charge in [0.2, 0.25) is 0 Å². The summed E-state index contributed by atoms with van der Waals surface area (Å²) in [6.07, 6.45) is 1.45. The number of carbonyl (C=O) groups excluding carboxylic acids is 2. The normalized spacial score (nSPS) is 11.5. The molecule has 0 aliphatic heterocycles. The Labute approximate surface area is 191 Å². The van der Waals surface area contributed by atoms with Crippen LogP contribution in [0.3, 0.4) is 0 Å². The molecule has 0 fully saturated rings. The molecule has 7 heteroatoms. The molecule has 0 aliphatic carbocycles. The molecule has 0 bridgehead atoms. The Morgan fingerprint density at radius 1 is 1.06 bits per heavy atom. The molecule has 3 rings (SSSR count). The van der Waals surface area contributed by atoms with Gasteiger partial charge in [-0.2, -0.15) is 5.26 Å². The van der Waals surface area contributed by atoms with E-state index in [2.05, 4.69) is 19.2 Å². The highest BCUT2D eigenvalue weighted by Gasteiger charge is 2.16. The molecule has 0 aliphatic rings. The van der Waals surface area contributed by atoms with Gasteiger partial charge in [-0.05, 0) is 55.2 Å². The van der Waals surface area contributed by atoms with Gasteiger partial charge in [-0.3, -0.25) is 4.79 Å². The fraction of sp³-hybridized carbons (Fsp3) is 0.231. The van der Waals surface area contributed by atoms with E-state index in [1.165, 1.54) is 24.3 Å². The van der Waals surface area contributed by atoms with E-state index < -0.39 is 17.5 Å². The summed E-state index contributed by atoms with van der Waals surface area (Å²) in [4.78, 5) is 36.9. The lowest BCUT2D eigenvalue weighted by Crippen LogP contribution is -2.33. The van der Waals surface area contributed by atoms with Crippen LogP contribution in [0.4, 0.5) is 0 Å². The average Bonchev–Trinajstić information content (AvgIpc) is 2.76. The SMILES string of the molecule is CC(C)NC(=O)c1cc2ccc(OC(=O)/C(C#N)=C/c3ccc(C(C)C)cc3)cc2oc1=O. The highest BCUT2D eigenvalue weighted by atomic mass is 16.5. The summed E-state index contributed by atoms with van der Waals surface area (Å²) in [5.41, 5.74) is 0.916. The minimum atomic E-state index is -0.833. The van der Waals surface area contributed by atoms with Crippen LogP contribution < -0.4 is 15.7 Å². The van der Waals surface area contributed by atoms with Crippen LogP contribution in [-0.2, 0) is 4.79 Å². The zero-order valence-electron chi connectivity index (χ0n) is 18.8. The van der Waals surface area contributed by atoms with Gasteiger partial charge in [0.25, 0.3) is 5.91 Å². The minimum absolute atomic E-state index is 0.103. The molecule has 0 radical (unpaired) electrons. The van der Waals surface area contributed by atoms with Crippen molar-refractivity contribution in [3.63, 3.8) is 0 Å². The second-order valence-electron chi connectivity index (χ2n) is 8.16. The highest BCUT2D eigenvalue weighted by molar-refractivity contribution is 6.00. The van der Waals surface area contributed by atoms with Crippen LogP contribution in [0.25, 0.3) is 17.0 Å². The maximum atomic E-state index is 12.5. The van der Waals surface area contributed by atoms with Crippen molar-refractivity contribution < 1.29 is 18.7 Å². The van der Waals surface area contributed by atoms with Crippen molar-refractivity contribution in [2.45, 2.75) is 39.7 Å². The molecular weight excluding hydrogens is 420 g/mol. The first-order valence-electron chi connectivity index (χ1n) is 10.5. The summed E-state index contributed by atoms with van der Waals surface area (Å²) in [5, 5.41) is 12.5. The van der Waals surface area contributed by atoms with Crippen LogP contribution >= 0.6 is 0 Å². The van der Waals surface area contributed by atoms with Gasteiger partial charge < -0.3 is 14.5 Å². The molecule has 2 aromatic carbocycles. The molecule has 0 saturated heterocycles. The van der Waals surface area contributed by atoms with Crippen molar-refractivity contribution in [1.29, 1.82) is 5.26 Å². The Morgan fingerprint density at radius 2 is 1.76 bits per heavy atom. The van der Waals surface area contributed by atoms with Crippen LogP contribution in [0.2, 0.25) is 0 Å². The van der Waals surface area contributed by atoms with Crippen molar-refractivity contribution in [2.75, 3.05) is 0 Å². The third kappa shape index (κ3) is 5.74. The van der Waals surface area contributed by atoms with Gasteiger partial charge in [-0.25, -0.2) is 9.59 Å². The van der Waals surface area contributed by atoms with Crippen LogP contribution in [0.15, 0.2) is 63.3 Å². The third-order valence-corrected chi connectivity index (χ3v) is 4.84. The molecule has 0 spiro atoms. The van der Waals surface area contributed by atoms with E-state index in [1.807, 2.05) is 30.3 Å². The maximum absolute atomic E-state index is 12.5. The van der Waals surface area contributed by atoms with Crippen molar-refractivity contribution >= 4 is 28.9 Å². The number of ether oxygens (including phenoxy) is 1. The van der Waals surface area contributed by atoms with Crippen molar-refractivity contribution in [3.8, 4) is 11.8 Å². The van der Waals surface area contributed by atoms with E-state index in [9.17, 15) is 19.6 Å². The number of nitriles is 1. The van der Waals surface area contributed by atoms with Crippen LogP contribution in [0, 0.1) is 11.3 Å². The monoisotopic (exact) mass is 444 g/mol. The summed E-state index contributed by atoms with van der Waals surface area (Å²) < 4.78 is 10.6. The summed E-state index contributed by atoms with van der Waals surface area (Å²) in [6, 6.07) is 15.1. The van der Waals surface area contributed by atoms with Crippen molar-refractivity contribution in [1.82, 2.24) is 5.32 Å². The largest absolute Gasteiger partial charge is 0.422 e. The quantitative estimate of drug-likeness (QED) is 0.196. The Bertz CT molecular complexity index is 1330. The van der Waals surface area contributed by atoms with Crippen LogP contribution in [-0.4, -0.2) is 17.9 Å². The van der Waals surface area contributed by atoms with Gasteiger partial charge in [0.1, 0.15) is 28.5 Å². The predicted molar refractivity (Wildman–Crippen MR) is 125 cm³/mol. The van der Waals surface area contributed by atoms with Gasteiger partial charge in [-0.1, -0.05) is 38.1 Å². The Balaban J connectivity index is 1.83. The van der Waals surface area contributed by atoms with Crippen molar-refractivity contribution in [2.24, 2.45) is 0 Å². The number of esters is 1. The molecule has 3 aromatic rings. The van der Waals surface area contributed by atoms with Gasteiger partial charge >= 0.3 is 11.6 Å². The van der Waals surface area contributed by atoms with E-state index in [0.29, 0.717) is 16.9 Å². The number of fused-ring (bicyclic) bond motifs is 1. The molecule has 1 heterocycles. The number of hydrogen-bond donors (Lipinski definition) is 1. The van der Waals surface area contributed by atoms with E-state index in [1.54, 1.807) is 19.9 Å². The number of hydrogen-bond acceptors (Lipinski definition) is 6. The standard InChI is InChI=1S/C26H24N2O5/c1-15(2)18-7-5-17(6-8-18)11-20(14-27)25(30)32-21-10-9-19-12-22(24(29)28-16(3)4)26(31)33-23(19)13-21/h5-13,15-16H,1-4H3,(H,28,29)/b20-11+. The van der Waals surface area contributed by atoms with Gasteiger partial charge in [0, 0.05) is 17.5 Å². The number of nitrogens with one attached hydrogen (secondary N) is 1. The zero-order chi connectivity index (χ0) is 24.1. The molecule has 1 N–H and O–H groups in total. The lowest BCUT2D eigenvalue weighted by molar-refractivity contribution is -0.129.